The summed E-state index contributed by atoms with van der Waals surface area (Å²) in [5, 5.41) is 0. The Morgan fingerprint density at radius 1 is 1.35 bits per heavy atom. The molecule has 1 saturated heterocycles. The molecule has 128 valence electrons. The zero-order chi connectivity index (χ0) is 16.1. The van der Waals surface area contributed by atoms with Gasteiger partial charge in [0.2, 0.25) is 5.91 Å². The third kappa shape index (κ3) is 3.36. The van der Waals surface area contributed by atoms with Crippen molar-refractivity contribution in [2.75, 3.05) is 13.1 Å². The molecule has 0 bridgehead atoms. The molecule has 3 atom stereocenters. The third-order valence-electron chi connectivity index (χ3n) is 5.11. The lowest BCUT2D eigenvalue weighted by molar-refractivity contribution is -0.136. The summed E-state index contributed by atoms with van der Waals surface area (Å²) in [6, 6.07) is 4.27. The van der Waals surface area contributed by atoms with E-state index < -0.39 is 11.6 Å². The fourth-order valence-corrected chi connectivity index (χ4v) is 3.41. The van der Waals surface area contributed by atoms with Crippen molar-refractivity contribution in [2.24, 2.45) is 17.1 Å². The van der Waals surface area contributed by atoms with E-state index in [0.29, 0.717) is 25.1 Å². The molecule has 3 nitrogen and oxygen atoms in total. The van der Waals surface area contributed by atoms with Gasteiger partial charge < -0.3 is 10.6 Å². The standard InChI is InChI=1S/C17H22F2N2O.ClH/c1-17(2)9-21(7-6-14(17)20)16(22)12-8-11(12)10-4-3-5-13(18)15(10)19;/h3-5,11-12,14H,6-9,20H2,1-2H3;1H. The molecule has 2 N–H and O–H groups in total. The van der Waals surface area contributed by atoms with Crippen LogP contribution in [0.15, 0.2) is 18.2 Å². The number of likely N-dealkylation sites (tertiary alicyclic amines) is 1. The molecular weight excluding hydrogens is 322 g/mol. The zero-order valence-electron chi connectivity index (χ0n) is 13.4. The van der Waals surface area contributed by atoms with Gasteiger partial charge in [-0.1, -0.05) is 26.0 Å². The van der Waals surface area contributed by atoms with Crippen LogP contribution in [0.4, 0.5) is 8.78 Å². The minimum absolute atomic E-state index is 0. The Hall–Kier alpha value is -1.20. The van der Waals surface area contributed by atoms with Gasteiger partial charge in [-0.05, 0) is 35.8 Å². The van der Waals surface area contributed by atoms with Crippen molar-refractivity contribution in [3.05, 3.63) is 35.4 Å². The highest BCUT2D eigenvalue weighted by Crippen LogP contribution is 2.50. The first kappa shape index (κ1) is 18.1. The first-order valence-corrected chi connectivity index (χ1v) is 7.79. The van der Waals surface area contributed by atoms with Gasteiger partial charge in [-0.2, -0.15) is 0 Å². The molecule has 1 amide bonds. The van der Waals surface area contributed by atoms with Crippen LogP contribution in [0.2, 0.25) is 0 Å². The summed E-state index contributed by atoms with van der Waals surface area (Å²) in [5.41, 5.74) is 6.31. The van der Waals surface area contributed by atoms with Crippen molar-refractivity contribution in [2.45, 2.75) is 38.6 Å². The van der Waals surface area contributed by atoms with Crippen molar-refractivity contribution in [1.82, 2.24) is 4.90 Å². The van der Waals surface area contributed by atoms with Crippen LogP contribution in [0.3, 0.4) is 0 Å². The van der Waals surface area contributed by atoms with Crippen molar-refractivity contribution >= 4 is 18.3 Å². The third-order valence-corrected chi connectivity index (χ3v) is 5.11. The van der Waals surface area contributed by atoms with Crippen LogP contribution in [0.25, 0.3) is 0 Å². The second-order valence-corrected chi connectivity index (χ2v) is 7.24. The number of carbonyl (C=O) groups is 1. The first-order chi connectivity index (χ1) is 10.3. The lowest BCUT2D eigenvalue weighted by Gasteiger charge is -2.42. The molecular formula is C17H23ClF2N2O. The number of carbonyl (C=O) groups excluding carboxylic acids is 1. The van der Waals surface area contributed by atoms with Gasteiger partial charge in [0.1, 0.15) is 0 Å². The molecule has 23 heavy (non-hydrogen) atoms. The number of piperidine rings is 1. The van der Waals surface area contributed by atoms with E-state index >= 15 is 0 Å². The van der Waals surface area contributed by atoms with Gasteiger partial charge in [-0.25, -0.2) is 8.78 Å². The van der Waals surface area contributed by atoms with Crippen LogP contribution < -0.4 is 5.73 Å². The van der Waals surface area contributed by atoms with Crippen molar-refractivity contribution < 1.29 is 13.6 Å². The molecule has 0 spiro atoms. The van der Waals surface area contributed by atoms with Crippen LogP contribution in [-0.2, 0) is 4.79 Å². The minimum atomic E-state index is -0.847. The Bertz CT molecular complexity index is 608. The summed E-state index contributed by atoms with van der Waals surface area (Å²) in [6.07, 6.45) is 1.38. The smallest absolute Gasteiger partial charge is 0.226 e. The van der Waals surface area contributed by atoms with E-state index in [1.54, 1.807) is 6.07 Å². The van der Waals surface area contributed by atoms with E-state index in [9.17, 15) is 13.6 Å². The summed E-state index contributed by atoms with van der Waals surface area (Å²) in [7, 11) is 0. The second kappa shape index (κ2) is 6.36. The van der Waals surface area contributed by atoms with Crippen LogP contribution in [0.1, 0.15) is 38.2 Å². The van der Waals surface area contributed by atoms with Gasteiger partial charge in [0, 0.05) is 25.0 Å². The predicted molar refractivity (Wildman–Crippen MR) is 87.4 cm³/mol. The molecule has 1 heterocycles. The van der Waals surface area contributed by atoms with Crippen molar-refractivity contribution in [1.29, 1.82) is 0 Å². The number of rotatable bonds is 2. The highest BCUT2D eigenvalue weighted by molar-refractivity contribution is 5.85. The summed E-state index contributed by atoms with van der Waals surface area (Å²) in [5.74, 6) is -2.03. The number of benzene rings is 1. The molecule has 6 heteroatoms. The Kier molecular flexibility index (Phi) is 5.02. The van der Waals surface area contributed by atoms with Crippen molar-refractivity contribution in [3.63, 3.8) is 0 Å². The molecule has 3 rings (SSSR count). The number of nitrogens with two attached hydrogens (primary N) is 1. The SMILES string of the molecule is CC1(C)CN(C(=O)C2CC2c2cccc(F)c2F)CCC1N.Cl. The molecule has 2 aliphatic rings. The minimum Gasteiger partial charge on any atom is -0.342 e. The normalized spacial score (nSPS) is 28.9. The summed E-state index contributed by atoms with van der Waals surface area (Å²) in [6.45, 7) is 5.40. The lowest BCUT2D eigenvalue weighted by Crippen LogP contribution is -2.54. The molecule has 2 fully saturated rings. The Labute approximate surface area is 141 Å². The van der Waals surface area contributed by atoms with Crippen molar-refractivity contribution in [3.8, 4) is 0 Å². The second-order valence-electron chi connectivity index (χ2n) is 7.24. The number of amides is 1. The maximum Gasteiger partial charge on any atom is 0.226 e. The molecule has 1 aliphatic carbocycles. The molecule has 3 unspecified atom stereocenters. The van der Waals surface area contributed by atoms with E-state index in [4.69, 9.17) is 5.73 Å². The fraction of sp³-hybridized carbons (Fsp3) is 0.588. The van der Waals surface area contributed by atoms with E-state index in [-0.39, 0.29) is 41.6 Å². The Morgan fingerprint density at radius 2 is 2.04 bits per heavy atom. The van der Waals surface area contributed by atoms with Crippen LogP contribution in [0, 0.1) is 23.0 Å². The average molecular weight is 345 g/mol. The van der Waals surface area contributed by atoms with Gasteiger partial charge >= 0.3 is 0 Å². The monoisotopic (exact) mass is 344 g/mol. The summed E-state index contributed by atoms with van der Waals surface area (Å²) >= 11 is 0. The number of nitrogens with zero attached hydrogens (tertiary/aromatic N) is 1. The molecule has 1 aromatic rings. The molecule has 1 aliphatic heterocycles. The maximum absolute atomic E-state index is 13.8. The fourth-order valence-electron chi connectivity index (χ4n) is 3.41. The molecule has 0 aromatic heterocycles. The highest BCUT2D eigenvalue weighted by atomic mass is 35.5. The maximum atomic E-state index is 13.8. The van der Waals surface area contributed by atoms with Gasteiger partial charge in [0.15, 0.2) is 11.6 Å². The Balaban J connectivity index is 0.00000192. The molecule has 1 aromatic carbocycles. The van der Waals surface area contributed by atoms with Crippen LogP contribution in [0.5, 0.6) is 0 Å². The van der Waals surface area contributed by atoms with Crippen LogP contribution in [-0.4, -0.2) is 29.9 Å². The quantitative estimate of drug-likeness (QED) is 0.896. The molecule has 0 radical (unpaired) electrons. The average Bonchev–Trinajstić information content (AvgIpc) is 3.24. The van der Waals surface area contributed by atoms with Gasteiger partial charge in [-0.3, -0.25) is 4.79 Å². The molecule has 1 saturated carbocycles. The summed E-state index contributed by atoms with van der Waals surface area (Å²) in [4.78, 5) is 14.4. The largest absolute Gasteiger partial charge is 0.342 e. The van der Waals surface area contributed by atoms with Gasteiger partial charge in [0.05, 0.1) is 0 Å². The Morgan fingerprint density at radius 3 is 2.70 bits per heavy atom. The summed E-state index contributed by atoms with van der Waals surface area (Å²) < 4.78 is 27.1. The first-order valence-electron chi connectivity index (χ1n) is 7.79. The predicted octanol–water partition coefficient (Wildman–Crippen LogP) is 3.08. The van der Waals surface area contributed by atoms with E-state index in [1.807, 2.05) is 4.90 Å². The zero-order valence-corrected chi connectivity index (χ0v) is 14.2. The van der Waals surface area contributed by atoms with E-state index in [1.165, 1.54) is 6.07 Å². The van der Waals surface area contributed by atoms with E-state index in [2.05, 4.69) is 13.8 Å². The number of halogens is 3. The van der Waals surface area contributed by atoms with Crippen LogP contribution >= 0.6 is 12.4 Å². The van der Waals surface area contributed by atoms with Gasteiger partial charge in [-0.15, -0.1) is 12.4 Å². The topological polar surface area (TPSA) is 46.3 Å². The van der Waals surface area contributed by atoms with Gasteiger partial charge in [0.25, 0.3) is 0 Å². The number of hydrogen-bond donors (Lipinski definition) is 1. The van der Waals surface area contributed by atoms with E-state index in [0.717, 1.165) is 12.5 Å². The lowest BCUT2D eigenvalue weighted by atomic mass is 9.79. The number of hydrogen-bond acceptors (Lipinski definition) is 2. The highest BCUT2D eigenvalue weighted by Gasteiger charge is 2.48.